The molecule has 0 bridgehead atoms. The molecular formula is C14H19ClN2OS. The third-order valence-corrected chi connectivity index (χ3v) is 4.14. The van der Waals surface area contributed by atoms with Crippen molar-refractivity contribution >= 4 is 34.5 Å². The molecule has 0 spiro atoms. The second kappa shape index (κ2) is 6.55. The van der Waals surface area contributed by atoms with Crippen LogP contribution in [0, 0.1) is 0 Å². The van der Waals surface area contributed by atoms with Crippen LogP contribution in [-0.4, -0.2) is 29.3 Å². The molecule has 1 unspecified atom stereocenters. The normalized spacial score (nSPS) is 18.8. The molecule has 0 aliphatic carbocycles. The number of benzene rings is 1. The third kappa shape index (κ3) is 3.19. The zero-order chi connectivity index (χ0) is 13.8. The fraction of sp³-hybridized carbons (Fsp3) is 0.500. The monoisotopic (exact) mass is 298 g/mol. The molecule has 1 fully saturated rings. The first kappa shape index (κ1) is 14.6. The quantitative estimate of drug-likeness (QED) is 0.821. The number of aliphatic hydroxyl groups excluding tert-OH is 1. The molecule has 1 aliphatic rings. The Morgan fingerprint density at radius 1 is 1.53 bits per heavy atom. The van der Waals surface area contributed by atoms with Crippen LogP contribution in [0.15, 0.2) is 18.2 Å². The van der Waals surface area contributed by atoms with Crippen molar-refractivity contribution in [3.8, 4) is 0 Å². The summed E-state index contributed by atoms with van der Waals surface area (Å²) in [6.45, 7) is 1.23. The highest BCUT2D eigenvalue weighted by Gasteiger charge is 2.27. The second-order valence-electron chi connectivity index (χ2n) is 4.85. The SMILES string of the molecule is NC(=S)c1c(Cl)cccc1N1CCCC1CCCO. The van der Waals surface area contributed by atoms with E-state index in [-0.39, 0.29) is 6.61 Å². The predicted molar refractivity (Wildman–Crippen MR) is 84.0 cm³/mol. The Labute approximate surface area is 124 Å². The van der Waals surface area contributed by atoms with Gasteiger partial charge in [-0.15, -0.1) is 0 Å². The smallest absolute Gasteiger partial charge is 0.107 e. The largest absolute Gasteiger partial charge is 0.396 e. The van der Waals surface area contributed by atoms with E-state index in [1.54, 1.807) is 0 Å². The minimum absolute atomic E-state index is 0.238. The first-order valence-electron chi connectivity index (χ1n) is 6.61. The topological polar surface area (TPSA) is 49.5 Å². The summed E-state index contributed by atoms with van der Waals surface area (Å²) in [5.74, 6) is 0. The Kier molecular flexibility index (Phi) is 5.02. The lowest BCUT2D eigenvalue weighted by Crippen LogP contribution is -2.31. The lowest BCUT2D eigenvalue weighted by molar-refractivity contribution is 0.279. The van der Waals surface area contributed by atoms with Gasteiger partial charge in [0.05, 0.1) is 10.6 Å². The molecule has 1 saturated heterocycles. The van der Waals surface area contributed by atoms with Crippen molar-refractivity contribution in [3.05, 3.63) is 28.8 Å². The van der Waals surface area contributed by atoms with E-state index >= 15 is 0 Å². The van der Waals surface area contributed by atoms with Gasteiger partial charge in [-0.25, -0.2) is 0 Å². The summed E-state index contributed by atoms with van der Waals surface area (Å²) in [5, 5.41) is 9.60. The van der Waals surface area contributed by atoms with Crippen LogP contribution in [0.5, 0.6) is 0 Å². The van der Waals surface area contributed by atoms with Gasteiger partial charge in [-0.3, -0.25) is 0 Å². The summed E-state index contributed by atoms with van der Waals surface area (Å²) in [5.41, 5.74) is 7.61. The Balaban J connectivity index is 2.30. The summed E-state index contributed by atoms with van der Waals surface area (Å²) in [6, 6.07) is 6.22. The van der Waals surface area contributed by atoms with E-state index in [0.717, 1.165) is 43.5 Å². The summed E-state index contributed by atoms with van der Waals surface area (Å²) in [6.07, 6.45) is 4.10. The fourth-order valence-corrected chi connectivity index (χ4v) is 3.32. The number of rotatable bonds is 5. The van der Waals surface area contributed by atoms with Crippen molar-refractivity contribution in [3.63, 3.8) is 0 Å². The Bertz CT molecular complexity index is 467. The van der Waals surface area contributed by atoms with Crippen LogP contribution in [-0.2, 0) is 0 Å². The summed E-state index contributed by atoms with van der Waals surface area (Å²) in [7, 11) is 0. The first-order chi connectivity index (χ1) is 9.15. The number of thiocarbonyl (C=S) groups is 1. The van der Waals surface area contributed by atoms with E-state index in [9.17, 15) is 0 Å². The van der Waals surface area contributed by atoms with Crippen molar-refractivity contribution in [1.29, 1.82) is 0 Å². The van der Waals surface area contributed by atoms with E-state index in [1.165, 1.54) is 0 Å². The molecule has 0 radical (unpaired) electrons. The molecule has 1 heterocycles. The number of nitrogens with two attached hydrogens (primary N) is 1. The molecule has 2 rings (SSSR count). The predicted octanol–water partition coefficient (Wildman–Crippen LogP) is 2.72. The van der Waals surface area contributed by atoms with Gasteiger partial charge in [-0.05, 0) is 37.8 Å². The molecule has 3 nitrogen and oxygen atoms in total. The fourth-order valence-electron chi connectivity index (χ4n) is 2.78. The molecule has 1 aliphatic heterocycles. The number of halogens is 1. The average Bonchev–Trinajstić information content (AvgIpc) is 2.83. The minimum Gasteiger partial charge on any atom is -0.396 e. The van der Waals surface area contributed by atoms with Gasteiger partial charge in [-0.1, -0.05) is 29.9 Å². The minimum atomic E-state index is 0.238. The number of hydrogen-bond donors (Lipinski definition) is 2. The van der Waals surface area contributed by atoms with Crippen LogP contribution >= 0.6 is 23.8 Å². The van der Waals surface area contributed by atoms with Crippen LogP contribution in [0.2, 0.25) is 5.02 Å². The first-order valence-corrected chi connectivity index (χ1v) is 7.39. The zero-order valence-electron chi connectivity index (χ0n) is 10.8. The highest BCUT2D eigenvalue weighted by atomic mass is 35.5. The van der Waals surface area contributed by atoms with E-state index < -0.39 is 0 Å². The molecule has 0 saturated carbocycles. The van der Waals surface area contributed by atoms with Gasteiger partial charge < -0.3 is 15.7 Å². The maximum Gasteiger partial charge on any atom is 0.107 e. The molecule has 5 heteroatoms. The van der Waals surface area contributed by atoms with Gasteiger partial charge in [-0.2, -0.15) is 0 Å². The second-order valence-corrected chi connectivity index (χ2v) is 5.70. The summed E-state index contributed by atoms with van der Waals surface area (Å²) in [4.78, 5) is 2.67. The van der Waals surface area contributed by atoms with Crippen LogP contribution in [0.4, 0.5) is 5.69 Å². The molecule has 1 atom stereocenters. The van der Waals surface area contributed by atoms with Gasteiger partial charge in [0.25, 0.3) is 0 Å². The molecule has 104 valence electrons. The Hall–Kier alpha value is -0.840. The van der Waals surface area contributed by atoms with Crippen molar-refractivity contribution in [1.82, 2.24) is 0 Å². The average molecular weight is 299 g/mol. The molecule has 1 aromatic carbocycles. The number of hydrogen-bond acceptors (Lipinski definition) is 3. The molecule has 19 heavy (non-hydrogen) atoms. The molecular weight excluding hydrogens is 280 g/mol. The van der Waals surface area contributed by atoms with Crippen molar-refractivity contribution in [2.75, 3.05) is 18.1 Å². The lowest BCUT2D eigenvalue weighted by atomic mass is 10.1. The number of anilines is 1. The van der Waals surface area contributed by atoms with Crippen molar-refractivity contribution < 1.29 is 5.11 Å². The van der Waals surface area contributed by atoms with E-state index in [4.69, 9.17) is 34.7 Å². The number of nitrogens with zero attached hydrogens (tertiary/aromatic N) is 1. The van der Waals surface area contributed by atoms with E-state index in [2.05, 4.69) is 4.90 Å². The van der Waals surface area contributed by atoms with E-state index in [0.29, 0.717) is 16.1 Å². The van der Waals surface area contributed by atoms with Crippen LogP contribution in [0.25, 0.3) is 0 Å². The number of aliphatic hydroxyl groups is 1. The van der Waals surface area contributed by atoms with Crippen LogP contribution in [0.1, 0.15) is 31.2 Å². The van der Waals surface area contributed by atoms with E-state index in [1.807, 2.05) is 18.2 Å². The van der Waals surface area contributed by atoms with Crippen LogP contribution < -0.4 is 10.6 Å². The maximum absolute atomic E-state index is 8.99. The van der Waals surface area contributed by atoms with Crippen LogP contribution in [0.3, 0.4) is 0 Å². The molecule has 0 amide bonds. The molecule has 0 aromatic heterocycles. The lowest BCUT2D eigenvalue weighted by Gasteiger charge is -2.29. The van der Waals surface area contributed by atoms with Crippen molar-refractivity contribution in [2.45, 2.75) is 31.7 Å². The maximum atomic E-state index is 8.99. The third-order valence-electron chi connectivity index (χ3n) is 3.62. The van der Waals surface area contributed by atoms with Crippen molar-refractivity contribution in [2.24, 2.45) is 5.73 Å². The van der Waals surface area contributed by atoms with Gasteiger partial charge >= 0.3 is 0 Å². The van der Waals surface area contributed by atoms with Gasteiger partial charge in [0, 0.05) is 24.9 Å². The van der Waals surface area contributed by atoms with Gasteiger partial charge in [0.1, 0.15) is 4.99 Å². The molecule has 1 aromatic rings. The zero-order valence-corrected chi connectivity index (χ0v) is 12.4. The highest BCUT2D eigenvalue weighted by Crippen LogP contribution is 2.33. The Morgan fingerprint density at radius 3 is 3.00 bits per heavy atom. The van der Waals surface area contributed by atoms with Gasteiger partial charge in [0.15, 0.2) is 0 Å². The summed E-state index contributed by atoms with van der Waals surface area (Å²) < 4.78 is 0. The standard InChI is InChI=1S/C14H19ClN2OS/c15-11-6-1-7-12(13(11)14(16)19)17-8-2-4-10(17)5-3-9-18/h1,6-7,10,18H,2-5,8-9H2,(H2,16,19). The molecule has 3 N–H and O–H groups in total. The Morgan fingerprint density at radius 2 is 2.32 bits per heavy atom. The highest BCUT2D eigenvalue weighted by molar-refractivity contribution is 7.80. The van der Waals surface area contributed by atoms with Gasteiger partial charge in [0.2, 0.25) is 0 Å². The summed E-state index contributed by atoms with van der Waals surface area (Å²) >= 11 is 11.3.